The Bertz CT molecular complexity index is 641. The largest absolute Gasteiger partial charge is 0.399 e. The molecule has 0 bridgehead atoms. The van der Waals surface area contributed by atoms with Crippen LogP contribution >= 0.6 is 0 Å². The zero-order valence-corrected chi connectivity index (χ0v) is 11.3. The molecule has 0 saturated heterocycles. The number of fused-ring (bicyclic) bond motifs is 1. The summed E-state index contributed by atoms with van der Waals surface area (Å²) in [7, 11) is 1.59. The average molecular weight is 278 g/mol. The van der Waals surface area contributed by atoms with Gasteiger partial charge in [0.25, 0.3) is 5.56 Å². The Hall–Kier alpha value is -2.12. The highest BCUT2D eigenvalue weighted by Gasteiger charge is 2.11. The van der Waals surface area contributed by atoms with Crippen molar-refractivity contribution >= 4 is 22.5 Å². The highest BCUT2D eigenvalue weighted by atomic mass is 16.5. The number of H-pyrrole nitrogens is 1. The zero-order valence-electron chi connectivity index (χ0n) is 11.3. The lowest BCUT2D eigenvalue weighted by Crippen LogP contribution is -2.33. The molecule has 0 fully saturated rings. The molecule has 0 aliphatic rings. The first-order chi connectivity index (χ1) is 9.65. The van der Waals surface area contributed by atoms with E-state index in [4.69, 9.17) is 15.6 Å². The zero-order chi connectivity index (χ0) is 14.5. The molecule has 4 N–H and O–H groups in total. The first-order valence-corrected chi connectivity index (χ1v) is 6.30. The summed E-state index contributed by atoms with van der Waals surface area (Å²) < 4.78 is 5.01. The Morgan fingerprint density at radius 2 is 2.25 bits per heavy atom. The van der Waals surface area contributed by atoms with E-state index < -0.39 is 0 Å². The third-order valence-electron chi connectivity index (χ3n) is 2.95. The molecular formula is C13H18N4O3. The molecule has 108 valence electrons. The molecule has 2 aromatic rings. The average Bonchev–Trinajstić information content (AvgIpc) is 2.44. The number of aromatic amines is 1. The predicted octanol–water partition coefficient (Wildman–Crippen LogP) is -0.0496. The molecule has 7 nitrogen and oxygen atoms in total. The maximum atomic E-state index is 12.1. The van der Waals surface area contributed by atoms with Crippen LogP contribution in [0, 0.1) is 0 Å². The number of aliphatic hydroxyl groups excluding tert-OH is 1. The molecule has 0 amide bonds. The maximum Gasteiger partial charge on any atom is 0.260 e. The maximum absolute atomic E-state index is 12.1. The van der Waals surface area contributed by atoms with Gasteiger partial charge in [-0.25, -0.2) is 4.98 Å². The van der Waals surface area contributed by atoms with E-state index in [1.807, 2.05) is 0 Å². The van der Waals surface area contributed by atoms with Crippen LogP contribution in [0.25, 0.3) is 10.9 Å². The van der Waals surface area contributed by atoms with Crippen molar-refractivity contribution in [3.05, 3.63) is 28.6 Å². The number of aromatic nitrogens is 2. The number of nitrogen functional groups attached to an aromatic ring is 1. The van der Waals surface area contributed by atoms with Crippen molar-refractivity contribution in [3.8, 4) is 0 Å². The number of aliphatic hydroxyl groups is 1. The molecular weight excluding hydrogens is 260 g/mol. The molecule has 0 radical (unpaired) electrons. The summed E-state index contributed by atoms with van der Waals surface area (Å²) in [5.74, 6) is 0.415. The fourth-order valence-electron chi connectivity index (χ4n) is 1.94. The number of nitrogens with zero attached hydrogens (tertiary/aromatic N) is 2. The molecule has 1 aromatic carbocycles. The van der Waals surface area contributed by atoms with Gasteiger partial charge < -0.3 is 20.5 Å². The minimum absolute atomic E-state index is 0.0345. The van der Waals surface area contributed by atoms with Gasteiger partial charge in [-0.05, 0) is 18.2 Å². The van der Waals surface area contributed by atoms with E-state index in [-0.39, 0.29) is 12.2 Å². The van der Waals surface area contributed by atoms with E-state index in [0.717, 1.165) is 0 Å². The predicted molar refractivity (Wildman–Crippen MR) is 78.0 cm³/mol. The minimum atomic E-state index is -0.252. The van der Waals surface area contributed by atoms with Crippen LogP contribution in [0.5, 0.6) is 0 Å². The highest BCUT2D eigenvalue weighted by molar-refractivity contribution is 5.81. The second-order valence-corrected chi connectivity index (χ2v) is 4.37. The Balaban J connectivity index is 2.42. The summed E-state index contributed by atoms with van der Waals surface area (Å²) in [5, 5.41) is 9.55. The second-order valence-electron chi connectivity index (χ2n) is 4.37. The van der Waals surface area contributed by atoms with E-state index >= 15 is 0 Å². The van der Waals surface area contributed by atoms with Gasteiger partial charge in [0.05, 0.1) is 24.1 Å². The lowest BCUT2D eigenvalue weighted by atomic mass is 10.2. The van der Waals surface area contributed by atoms with Gasteiger partial charge in [0.1, 0.15) is 0 Å². The van der Waals surface area contributed by atoms with Gasteiger partial charge in [0.15, 0.2) is 0 Å². The summed E-state index contributed by atoms with van der Waals surface area (Å²) in [4.78, 5) is 20.9. The lowest BCUT2D eigenvalue weighted by molar-refractivity contribution is 0.202. The van der Waals surface area contributed by atoms with Crippen molar-refractivity contribution in [2.75, 3.05) is 44.0 Å². The Morgan fingerprint density at radius 1 is 1.45 bits per heavy atom. The lowest BCUT2D eigenvalue weighted by Gasteiger charge is -2.21. The van der Waals surface area contributed by atoms with Gasteiger partial charge in [0.2, 0.25) is 5.95 Å². The van der Waals surface area contributed by atoms with Gasteiger partial charge >= 0.3 is 0 Å². The van der Waals surface area contributed by atoms with Crippen molar-refractivity contribution < 1.29 is 9.84 Å². The van der Waals surface area contributed by atoms with Crippen LogP contribution in [0.2, 0.25) is 0 Å². The van der Waals surface area contributed by atoms with Gasteiger partial charge in [0, 0.05) is 25.9 Å². The van der Waals surface area contributed by atoms with Gasteiger partial charge in [-0.2, -0.15) is 0 Å². The monoisotopic (exact) mass is 278 g/mol. The fraction of sp³-hybridized carbons (Fsp3) is 0.385. The van der Waals surface area contributed by atoms with Crippen LogP contribution in [0.3, 0.4) is 0 Å². The molecule has 0 aliphatic heterocycles. The molecule has 1 aromatic heterocycles. The first-order valence-electron chi connectivity index (χ1n) is 6.30. The highest BCUT2D eigenvalue weighted by Crippen LogP contribution is 2.14. The quantitative estimate of drug-likeness (QED) is 0.640. The van der Waals surface area contributed by atoms with E-state index in [0.29, 0.717) is 42.2 Å². The Labute approximate surface area is 116 Å². The van der Waals surface area contributed by atoms with Crippen molar-refractivity contribution in [1.29, 1.82) is 0 Å². The molecule has 0 spiro atoms. The van der Waals surface area contributed by atoms with Crippen LogP contribution in [-0.2, 0) is 4.74 Å². The summed E-state index contributed by atoms with van der Waals surface area (Å²) >= 11 is 0. The fourth-order valence-corrected chi connectivity index (χ4v) is 1.94. The number of benzene rings is 1. The topological polar surface area (TPSA) is 104 Å². The summed E-state index contributed by atoms with van der Waals surface area (Å²) in [6.07, 6.45) is 0. The number of nitrogens with two attached hydrogens (primary N) is 1. The van der Waals surface area contributed by atoms with Gasteiger partial charge in [-0.15, -0.1) is 0 Å². The van der Waals surface area contributed by atoms with Gasteiger partial charge in [-0.3, -0.25) is 9.78 Å². The van der Waals surface area contributed by atoms with Crippen LogP contribution in [-0.4, -0.2) is 48.5 Å². The van der Waals surface area contributed by atoms with Crippen LogP contribution in [0.1, 0.15) is 0 Å². The van der Waals surface area contributed by atoms with Crippen LogP contribution in [0.15, 0.2) is 23.0 Å². The van der Waals surface area contributed by atoms with Crippen LogP contribution < -0.4 is 16.2 Å². The molecule has 0 aliphatic carbocycles. The van der Waals surface area contributed by atoms with Gasteiger partial charge in [-0.1, -0.05) is 0 Å². The third-order valence-corrected chi connectivity index (χ3v) is 2.95. The van der Waals surface area contributed by atoms with E-state index in [1.54, 1.807) is 30.2 Å². The Kier molecular flexibility index (Phi) is 4.54. The van der Waals surface area contributed by atoms with Crippen molar-refractivity contribution in [2.24, 2.45) is 0 Å². The number of anilines is 2. The van der Waals surface area contributed by atoms with Crippen LogP contribution in [0.4, 0.5) is 11.6 Å². The first kappa shape index (κ1) is 14.3. The molecule has 1 heterocycles. The SMILES string of the molecule is COCCN(CCO)c1nc2ccc(N)cc2c(=O)[nH]1. The molecule has 0 atom stereocenters. The standard InChI is InChI=1S/C13H18N4O3/c1-20-7-5-17(4-6-18)13-15-11-3-2-9(14)8-10(11)12(19)16-13/h2-3,8,18H,4-7,14H2,1H3,(H,15,16,19). The number of nitrogens with one attached hydrogen (secondary N) is 1. The van der Waals surface area contributed by atoms with Crippen molar-refractivity contribution in [3.63, 3.8) is 0 Å². The van der Waals surface area contributed by atoms with Crippen molar-refractivity contribution in [2.45, 2.75) is 0 Å². The third kappa shape index (κ3) is 3.06. The normalized spacial score (nSPS) is 10.9. The smallest absolute Gasteiger partial charge is 0.260 e. The number of hydrogen-bond donors (Lipinski definition) is 3. The molecule has 7 heteroatoms. The minimum Gasteiger partial charge on any atom is -0.399 e. The summed E-state index contributed by atoms with van der Waals surface area (Å²) in [6.45, 7) is 1.34. The van der Waals surface area contributed by atoms with Crippen molar-refractivity contribution in [1.82, 2.24) is 9.97 Å². The number of ether oxygens (including phenoxy) is 1. The van der Waals surface area contributed by atoms with E-state index in [9.17, 15) is 4.79 Å². The van der Waals surface area contributed by atoms with E-state index in [1.165, 1.54) is 0 Å². The Morgan fingerprint density at radius 3 is 2.95 bits per heavy atom. The number of methoxy groups -OCH3 is 1. The molecule has 20 heavy (non-hydrogen) atoms. The van der Waals surface area contributed by atoms with E-state index in [2.05, 4.69) is 9.97 Å². The summed E-state index contributed by atoms with van der Waals surface area (Å²) in [5.41, 5.74) is 6.50. The molecule has 0 unspecified atom stereocenters. The molecule has 0 saturated carbocycles. The molecule has 2 rings (SSSR count). The number of rotatable bonds is 6. The second kappa shape index (κ2) is 6.36. The summed E-state index contributed by atoms with van der Waals surface area (Å²) in [6, 6.07) is 5.00. The number of hydrogen-bond acceptors (Lipinski definition) is 6.